The Morgan fingerprint density at radius 2 is 1.93 bits per heavy atom. The lowest BCUT2D eigenvalue weighted by Crippen LogP contribution is -2.18. The van der Waals surface area contributed by atoms with E-state index in [0.29, 0.717) is 23.9 Å². The van der Waals surface area contributed by atoms with Crippen molar-refractivity contribution in [2.75, 3.05) is 5.32 Å². The molecule has 2 aromatic carbocycles. The number of para-hydroxylation sites is 1. The molecule has 0 spiro atoms. The smallest absolute Gasteiger partial charge is 0.249 e. The van der Waals surface area contributed by atoms with Crippen LogP contribution in [0.25, 0.3) is 22.4 Å². The molecule has 2 aromatic heterocycles. The molecule has 0 unspecified atom stereocenters. The predicted octanol–water partition coefficient (Wildman–Crippen LogP) is 4.03. The van der Waals surface area contributed by atoms with Crippen LogP contribution in [-0.4, -0.2) is 20.7 Å². The molecule has 0 aliphatic rings. The fourth-order valence-electron chi connectivity index (χ4n) is 2.94. The zero-order chi connectivity index (χ0) is 18.8. The van der Waals surface area contributed by atoms with Crippen LogP contribution in [0, 0.1) is 5.82 Å². The molecule has 1 amide bonds. The minimum Gasteiger partial charge on any atom is -0.421 e. The van der Waals surface area contributed by atoms with Crippen molar-refractivity contribution >= 4 is 22.5 Å². The first-order valence-corrected chi connectivity index (χ1v) is 8.60. The van der Waals surface area contributed by atoms with Gasteiger partial charge in [-0.25, -0.2) is 4.39 Å². The van der Waals surface area contributed by atoms with Crippen molar-refractivity contribution in [3.05, 3.63) is 66.4 Å². The number of rotatable bonds is 5. The molecule has 7 heteroatoms. The molecular weight excluding hydrogens is 347 g/mol. The minimum atomic E-state index is -0.347. The van der Waals surface area contributed by atoms with E-state index in [9.17, 15) is 9.18 Å². The second kappa shape index (κ2) is 7.03. The van der Waals surface area contributed by atoms with Crippen molar-refractivity contribution in [2.24, 2.45) is 0 Å². The van der Waals surface area contributed by atoms with Crippen LogP contribution >= 0.6 is 0 Å². The monoisotopic (exact) mass is 364 g/mol. The van der Waals surface area contributed by atoms with Crippen LogP contribution < -0.4 is 5.32 Å². The fourth-order valence-corrected chi connectivity index (χ4v) is 2.94. The van der Waals surface area contributed by atoms with Crippen LogP contribution in [0.1, 0.15) is 12.8 Å². The SMILES string of the molecule is CCc1nnc(-c2cn(CC(=O)Nc3ccc(F)cc3)c3ccccc23)o1. The number of benzene rings is 2. The second-order valence-corrected chi connectivity index (χ2v) is 6.10. The highest BCUT2D eigenvalue weighted by Crippen LogP contribution is 2.30. The molecule has 0 saturated carbocycles. The summed E-state index contributed by atoms with van der Waals surface area (Å²) in [6.07, 6.45) is 2.49. The number of aromatic nitrogens is 3. The first kappa shape index (κ1) is 17.0. The van der Waals surface area contributed by atoms with Crippen LogP contribution in [-0.2, 0) is 17.8 Å². The molecule has 4 rings (SSSR count). The largest absolute Gasteiger partial charge is 0.421 e. The molecule has 0 aliphatic heterocycles. The number of nitrogens with one attached hydrogen (secondary N) is 1. The highest BCUT2D eigenvalue weighted by Gasteiger charge is 2.16. The summed E-state index contributed by atoms with van der Waals surface area (Å²) in [6.45, 7) is 2.05. The quantitative estimate of drug-likeness (QED) is 0.580. The summed E-state index contributed by atoms with van der Waals surface area (Å²) < 4.78 is 20.5. The number of amides is 1. The third kappa shape index (κ3) is 3.44. The normalized spacial score (nSPS) is 11.0. The Morgan fingerprint density at radius 3 is 2.67 bits per heavy atom. The van der Waals surface area contributed by atoms with Crippen molar-refractivity contribution in [2.45, 2.75) is 19.9 Å². The van der Waals surface area contributed by atoms with Crippen molar-refractivity contribution in [3.8, 4) is 11.5 Å². The van der Waals surface area contributed by atoms with Gasteiger partial charge in [0.1, 0.15) is 12.4 Å². The Morgan fingerprint density at radius 1 is 1.15 bits per heavy atom. The summed E-state index contributed by atoms with van der Waals surface area (Å²) in [5, 5.41) is 11.8. The van der Waals surface area contributed by atoms with Gasteiger partial charge in [-0.2, -0.15) is 0 Å². The average molecular weight is 364 g/mol. The molecule has 1 N–H and O–H groups in total. The van der Waals surface area contributed by atoms with E-state index >= 15 is 0 Å². The number of nitrogens with zero attached hydrogens (tertiary/aromatic N) is 3. The van der Waals surface area contributed by atoms with Gasteiger partial charge in [-0.05, 0) is 30.3 Å². The summed E-state index contributed by atoms with van der Waals surface area (Å²) in [5.74, 6) is 0.436. The van der Waals surface area contributed by atoms with Crippen LogP contribution in [0.5, 0.6) is 0 Å². The molecular formula is C20H17FN4O2. The van der Waals surface area contributed by atoms with Gasteiger partial charge in [-0.15, -0.1) is 10.2 Å². The van der Waals surface area contributed by atoms with Crippen molar-refractivity contribution in [3.63, 3.8) is 0 Å². The minimum absolute atomic E-state index is 0.104. The number of halogens is 1. The van der Waals surface area contributed by atoms with E-state index < -0.39 is 0 Å². The van der Waals surface area contributed by atoms with E-state index in [2.05, 4.69) is 15.5 Å². The van der Waals surface area contributed by atoms with E-state index in [1.807, 2.05) is 42.0 Å². The lowest BCUT2D eigenvalue weighted by atomic mass is 10.2. The van der Waals surface area contributed by atoms with Gasteiger partial charge < -0.3 is 14.3 Å². The summed E-state index contributed by atoms with van der Waals surface area (Å²) in [7, 11) is 0. The summed E-state index contributed by atoms with van der Waals surface area (Å²) >= 11 is 0. The van der Waals surface area contributed by atoms with Crippen molar-refractivity contribution in [1.82, 2.24) is 14.8 Å². The van der Waals surface area contributed by atoms with E-state index in [1.54, 1.807) is 0 Å². The molecule has 0 fully saturated rings. The fraction of sp³-hybridized carbons (Fsp3) is 0.150. The molecule has 0 radical (unpaired) electrons. The standard InChI is InChI=1S/C20H17FN4O2/c1-2-19-23-24-20(27-19)16-11-25(17-6-4-3-5-15(16)17)12-18(26)22-14-9-7-13(21)8-10-14/h3-11H,2,12H2,1H3,(H,22,26). The number of anilines is 1. The number of aryl methyl sites for hydroxylation is 1. The lowest BCUT2D eigenvalue weighted by molar-refractivity contribution is -0.116. The average Bonchev–Trinajstić information content (AvgIpc) is 3.29. The van der Waals surface area contributed by atoms with Crippen molar-refractivity contribution in [1.29, 1.82) is 0 Å². The first-order valence-electron chi connectivity index (χ1n) is 8.60. The highest BCUT2D eigenvalue weighted by molar-refractivity contribution is 5.96. The van der Waals surface area contributed by atoms with Crippen LogP contribution in [0.3, 0.4) is 0 Å². The number of carbonyl (C=O) groups is 1. The van der Waals surface area contributed by atoms with E-state index in [4.69, 9.17) is 4.42 Å². The molecule has 0 aliphatic carbocycles. The lowest BCUT2D eigenvalue weighted by Gasteiger charge is -2.07. The summed E-state index contributed by atoms with van der Waals surface area (Å²) in [6, 6.07) is 13.4. The first-order chi connectivity index (χ1) is 13.1. The maximum absolute atomic E-state index is 13.0. The number of carbonyl (C=O) groups excluding carboxylic acids is 1. The van der Waals surface area contributed by atoms with E-state index in [0.717, 1.165) is 16.5 Å². The highest BCUT2D eigenvalue weighted by atomic mass is 19.1. The maximum Gasteiger partial charge on any atom is 0.249 e. The molecule has 0 atom stereocenters. The van der Waals surface area contributed by atoms with Gasteiger partial charge in [0.25, 0.3) is 0 Å². The Labute approximate surface area is 154 Å². The summed E-state index contributed by atoms with van der Waals surface area (Å²) in [5.41, 5.74) is 2.22. The molecule has 0 bridgehead atoms. The van der Waals surface area contributed by atoms with E-state index in [-0.39, 0.29) is 18.3 Å². The Kier molecular flexibility index (Phi) is 4.42. The molecule has 0 saturated heterocycles. The number of hydrogen-bond donors (Lipinski definition) is 1. The molecule has 136 valence electrons. The van der Waals surface area contributed by atoms with E-state index in [1.165, 1.54) is 24.3 Å². The van der Waals surface area contributed by atoms with Gasteiger partial charge in [-0.3, -0.25) is 4.79 Å². The van der Waals surface area contributed by atoms with Gasteiger partial charge in [0, 0.05) is 29.2 Å². The Hall–Kier alpha value is -3.48. The van der Waals surface area contributed by atoms with Crippen molar-refractivity contribution < 1.29 is 13.6 Å². The van der Waals surface area contributed by atoms with Gasteiger partial charge in [0.2, 0.25) is 17.7 Å². The third-order valence-corrected chi connectivity index (χ3v) is 4.23. The molecule has 4 aromatic rings. The number of hydrogen-bond acceptors (Lipinski definition) is 4. The number of fused-ring (bicyclic) bond motifs is 1. The molecule has 2 heterocycles. The maximum atomic E-state index is 13.0. The Bertz CT molecular complexity index is 1100. The molecule has 27 heavy (non-hydrogen) atoms. The predicted molar refractivity (Wildman–Crippen MR) is 99.6 cm³/mol. The Balaban J connectivity index is 1.63. The second-order valence-electron chi connectivity index (χ2n) is 6.10. The van der Waals surface area contributed by atoms with Gasteiger partial charge in [-0.1, -0.05) is 25.1 Å². The zero-order valence-electron chi connectivity index (χ0n) is 14.6. The van der Waals surface area contributed by atoms with Gasteiger partial charge in [0.15, 0.2) is 0 Å². The van der Waals surface area contributed by atoms with Gasteiger partial charge in [0.05, 0.1) is 5.56 Å². The van der Waals surface area contributed by atoms with Crippen LogP contribution in [0.4, 0.5) is 10.1 Å². The van der Waals surface area contributed by atoms with Crippen LogP contribution in [0.2, 0.25) is 0 Å². The van der Waals surface area contributed by atoms with Crippen LogP contribution in [0.15, 0.2) is 59.1 Å². The molecule has 6 nitrogen and oxygen atoms in total. The zero-order valence-corrected chi connectivity index (χ0v) is 14.6. The third-order valence-electron chi connectivity index (χ3n) is 4.23. The topological polar surface area (TPSA) is 73.0 Å². The van der Waals surface area contributed by atoms with Gasteiger partial charge >= 0.3 is 0 Å². The summed E-state index contributed by atoms with van der Waals surface area (Å²) in [4.78, 5) is 12.4.